The molecular weight excluding hydrogens is 252 g/mol. The van der Waals surface area contributed by atoms with Gasteiger partial charge in [0.2, 0.25) is 0 Å². The smallest absolute Gasteiger partial charge is 0.308 e. The minimum atomic E-state index is -0.811. The van der Waals surface area contributed by atoms with Crippen molar-refractivity contribution in [3.63, 3.8) is 0 Å². The van der Waals surface area contributed by atoms with Gasteiger partial charge < -0.3 is 10.4 Å². The molecule has 2 N–H and O–H groups in total. The summed E-state index contributed by atoms with van der Waals surface area (Å²) in [6, 6.07) is 6.88. The normalized spacial score (nSPS) is 11.6. The van der Waals surface area contributed by atoms with Crippen LogP contribution in [0.3, 0.4) is 0 Å². The highest BCUT2D eigenvalue weighted by Gasteiger charge is 2.16. The molecule has 1 aromatic carbocycles. The molecule has 0 aliphatic heterocycles. The van der Waals surface area contributed by atoms with Gasteiger partial charge in [-0.1, -0.05) is 24.9 Å². The number of hydrogen-bond donors (Lipinski definition) is 2. The van der Waals surface area contributed by atoms with E-state index in [0.717, 1.165) is 6.42 Å². The summed E-state index contributed by atoms with van der Waals surface area (Å²) in [5.41, 5.74) is 1.13. The van der Waals surface area contributed by atoms with Gasteiger partial charge in [-0.25, -0.2) is 0 Å². The summed E-state index contributed by atoms with van der Waals surface area (Å²) in [5, 5.41) is 21.2. The number of nitriles is 1. The van der Waals surface area contributed by atoms with Crippen LogP contribution in [0.25, 0.3) is 0 Å². The number of carboxylic acids is 1. The van der Waals surface area contributed by atoms with Crippen molar-refractivity contribution in [2.45, 2.75) is 19.8 Å². The fraction of sp³-hybridized carbons (Fsp3) is 0.385. The first-order valence-corrected chi connectivity index (χ1v) is 6.12. The third-order valence-corrected chi connectivity index (χ3v) is 2.94. The molecule has 0 heterocycles. The van der Waals surface area contributed by atoms with Crippen molar-refractivity contribution in [1.29, 1.82) is 5.26 Å². The number of benzene rings is 1. The van der Waals surface area contributed by atoms with Crippen LogP contribution in [0.2, 0.25) is 5.02 Å². The lowest BCUT2D eigenvalue weighted by molar-refractivity contribution is -0.141. The van der Waals surface area contributed by atoms with Gasteiger partial charge in [-0.3, -0.25) is 4.79 Å². The van der Waals surface area contributed by atoms with Crippen LogP contribution in [0, 0.1) is 17.2 Å². The Labute approximate surface area is 111 Å². The van der Waals surface area contributed by atoms with Gasteiger partial charge in [0.25, 0.3) is 0 Å². The van der Waals surface area contributed by atoms with E-state index in [2.05, 4.69) is 5.32 Å². The van der Waals surface area contributed by atoms with E-state index in [4.69, 9.17) is 22.0 Å². The number of halogens is 1. The Morgan fingerprint density at radius 3 is 2.83 bits per heavy atom. The van der Waals surface area contributed by atoms with Crippen LogP contribution in [0.15, 0.2) is 18.2 Å². The summed E-state index contributed by atoms with van der Waals surface area (Å²) >= 11 is 5.99. The quantitative estimate of drug-likeness (QED) is 0.830. The van der Waals surface area contributed by atoms with Crippen LogP contribution in [-0.2, 0) is 4.79 Å². The van der Waals surface area contributed by atoms with Crippen molar-refractivity contribution in [2.24, 2.45) is 5.92 Å². The maximum Gasteiger partial charge on any atom is 0.308 e. The second-order valence-corrected chi connectivity index (χ2v) is 4.42. The first-order chi connectivity index (χ1) is 8.58. The fourth-order valence-corrected chi connectivity index (χ4v) is 1.87. The average Bonchev–Trinajstić information content (AvgIpc) is 2.35. The number of hydrogen-bond acceptors (Lipinski definition) is 3. The number of aliphatic carboxylic acids is 1. The minimum Gasteiger partial charge on any atom is -0.481 e. The third-order valence-electron chi connectivity index (χ3n) is 2.62. The van der Waals surface area contributed by atoms with Gasteiger partial charge in [0.15, 0.2) is 0 Å². The average molecular weight is 267 g/mol. The van der Waals surface area contributed by atoms with Crippen LogP contribution < -0.4 is 5.32 Å². The molecule has 1 aromatic rings. The maximum atomic E-state index is 11.0. The number of rotatable bonds is 6. The molecule has 5 heteroatoms. The summed E-state index contributed by atoms with van der Waals surface area (Å²) in [6.45, 7) is 2.28. The highest BCUT2D eigenvalue weighted by molar-refractivity contribution is 6.33. The number of carboxylic acid groups (broad SMARTS) is 1. The minimum absolute atomic E-state index is 0.328. The van der Waals surface area contributed by atoms with Crippen LogP contribution in [0.1, 0.15) is 25.3 Å². The Morgan fingerprint density at radius 2 is 2.33 bits per heavy atom. The van der Waals surface area contributed by atoms with E-state index in [1.54, 1.807) is 18.2 Å². The topological polar surface area (TPSA) is 73.1 Å². The second-order valence-electron chi connectivity index (χ2n) is 4.01. The van der Waals surface area contributed by atoms with Crippen molar-refractivity contribution in [1.82, 2.24) is 0 Å². The van der Waals surface area contributed by atoms with Crippen molar-refractivity contribution < 1.29 is 9.90 Å². The van der Waals surface area contributed by atoms with Crippen molar-refractivity contribution in [2.75, 3.05) is 11.9 Å². The lowest BCUT2D eigenvalue weighted by Crippen LogP contribution is -2.22. The summed E-state index contributed by atoms with van der Waals surface area (Å²) in [4.78, 5) is 11.0. The molecule has 0 aliphatic carbocycles. The molecule has 1 rings (SSSR count). The van der Waals surface area contributed by atoms with E-state index in [1.165, 1.54) is 0 Å². The van der Waals surface area contributed by atoms with Crippen molar-refractivity contribution in [3.05, 3.63) is 28.8 Å². The van der Waals surface area contributed by atoms with E-state index >= 15 is 0 Å². The molecule has 0 saturated heterocycles. The monoisotopic (exact) mass is 266 g/mol. The highest BCUT2D eigenvalue weighted by atomic mass is 35.5. The fourth-order valence-electron chi connectivity index (χ4n) is 1.62. The molecule has 0 fully saturated rings. The largest absolute Gasteiger partial charge is 0.481 e. The van der Waals surface area contributed by atoms with Crippen molar-refractivity contribution in [3.8, 4) is 6.07 Å². The van der Waals surface area contributed by atoms with Gasteiger partial charge in [0.1, 0.15) is 0 Å². The zero-order chi connectivity index (χ0) is 13.5. The Morgan fingerprint density at radius 1 is 1.61 bits per heavy atom. The second kappa shape index (κ2) is 6.87. The summed E-state index contributed by atoms with van der Waals surface area (Å²) in [5.74, 6) is -1.24. The highest BCUT2D eigenvalue weighted by Crippen LogP contribution is 2.23. The molecular formula is C13H15ClN2O2. The Bertz CT molecular complexity index is 469. The molecule has 18 heavy (non-hydrogen) atoms. The number of anilines is 1. The Balaban J connectivity index is 2.68. The SMILES string of the molecule is CCCC(CNc1ccc(C#N)cc1Cl)C(=O)O. The number of carbonyl (C=O) groups is 1. The first-order valence-electron chi connectivity index (χ1n) is 5.74. The van der Waals surface area contributed by atoms with E-state index < -0.39 is 11.9 Å². The van der Waals surface area contributed by atoms with Crippen LogP contribution in [0.5, 0.6) is 0 Å². The zero-order valence-electron chi connectivity index (χ0n) is 10.1. The molecule has 4 nitrogen and oxygen atoms in total. The molecule has 0 bridgehead atoms. The number of nitrogens with zero attached hydrogens (tertiary/aromatic N) is 1. The van der Waals surface area contributed by atoms with Gasteiger partial charge in [0, 0.05) is 6.54 Å². The summed E-state index contributed by atoms with van der Waals surface area (Å²) in [6.07, 6.45) is 1.44. The maximum absolute atomic E-state index is 11.0. The predicted octanol–water partition coefficient (Wildman–Crippen LogP) is 3.12. The molecule has 0 aromatic heterocycles. The van der Waals surface area contributed by atoms with Crippen LogP contribution in [-0.4, -0.2) is 17.6 Å². The lowest BCUT2D eigenvalue weighted by Gasteiger charge is -2.14. The molecule has 1 atom stereocenters. The first kappa shape index (κ1) is 14.3. The summed E-state index contributed by atoms with van der Waals surface area (Å²) in [7, 11) is 0. The molecule has 0 aliphatic rings. The van der Waals surface area contributed by atoms with E-state index in [1.807, 2.05) is 13.0 Å². The number of nitrogens with one attached hydrogen (secondary N) is 1. The zero-order valence-corrected chi connectivity index (χ0v) is 10.9. The van der Waals surface area contributed by atoms with Gasteiger partial charge in [-0.2, -0.15) is 5.26 Å². The molecule has 0 radical (unpaired) electrons. The van der Waals surface area contributed by atoms with Crippen LogP contribution in [0.4, 0.5) is 5.69 Å². The molecule has 0 amide bonds. The van der Waals surface area contributed by atoms with Gasteiger partial charge >= 0.3 is 5.97 Å². The third kappa shape index (κ3) is 3.94. The molecule has 0 saturated carbocycles. The molecule has 96 valence electrons. The van der Waals surface area contributed by atoms with E-state index in [0.29, 0.717) is 29.2 Å². The van der Waals surface area contributed by atoms with E-state index in [-0.39, 0.29) is 0 Å². The van der Waals surface area contributed by atoms with Gasteiger partial charge in [-0.05, 0) is 24.6 Å². The lowest BCUT2D eigenvalue weighted by atomic mass is 10.0. The van der Waals surface area contributed by atoms with Crippen LogP contribution >= 0.6 is 11.6 Å². The summed E-state index contributed by atoms with van der Waals surface area (Å²) < 4.78 is 0. The molecule has 1 unspecified atom stereocenters. The standard InChI is InChI=1S/C13H15ClN2O2/c1-2-3-10(13(17)18)8-16-12-5-4-9(7-15)6-11(12)14/h4-6,10,16H,2-3,8H2,1H3,(H,17,18). The van der Waals surface area contributed by atoms with Crippen molar-refractivity contribution >= 4 is 23.3 Å². The van der Waals surface area contributed by atoms with Gasteiger partial charge in [0.05, 0.1) is 28.3 Å². The Kier molecular flexibility index (Phi) is 5.47. The van der Waals surface area contributed by atoms with E-state index in [9.17, 15) is 4.79 Å². The predicted molar refractivity (Wildman–Crippen MR) is 70.7 cm³/mol. The Hall–Kier alpha value is -1.73. The molecule has 0 spiro atoms. The van der Waals surface area contributed by atoms with Gasteiger partial charge in [-0.15, -0.1) is 0 Å².